The van der Waals surface area contributed by atoms with Gasteiger partial charge in [-0.25, -0.2) is 9.97 Å². The van der Waals surface area contributed by atoms with Crippen LogP contribution in [0.15, 0.2) is 36.7 Å². The van der Waals surface area contributed by atoms with E-state index < -0.39 is 0 Å². The van der Waals surface area contributed by atoms with Crippen molar-refractivity contribution in [3.8, 4) is 0 Å². The summed E-state index contributed by atoms with van der Waals surface area (Å²) in [6.45, 7) is 9.00. The Bertz CT molecular complexity index is 517. The maximum absolute atomic E-state index is 4.48. The molecule has 1 N–H and O–H groups in total. The average Bonchev–Trinajstić information content (AvgIpc) is 2.53. The fraction of sp³-hybridized carbons (Fsp3) is 0.500. The first kappa shape index (κ1) is 17.5. The first-order chi connectivity index (χ1) is 11.0. The number of nitrogens with one attached hydrogen (secondary N) is 1. The third-order valence-electron chi connectivity index (χ3n) is 3.93. The number of hydrogen-bond acceptors (Lipinski definition) is 3. The van der Waals surface area contributed by atoms with E-state index in [4.69, 9.17) is 0 Å². The third-order valence-corrected chi connectivity index (χ3v) is 3.93. The molecule has 23 heavy (non-hydrogen) atoms. The molecule has 2 rings (SSSR count). The highest BCUT2D eigenvalue weighted by molar-refractivity contribution is 5.51. The summed E-state index contributed by atoms with van der Waals surface area (Å²) in [6, 6.07) is 8.36. The van der Waals surface area contributed by atoms with Crippen molar-refractivity contribution in [2.24, 2.45) is 11.8 Å². The van der Waals surface area contributed by atoms with Gasteiger partial charge in [-0.1, -0.05) is 39.8 Å². The van der Waals surface area contributed by atoms with Gasteiger partial charge in [0, 0.05) is 12.4 Å². The summed E-state index contributed by atoms with van der Waals surface area (Å²) in [5, 5.41) is 3.27. The van der Waals surface area contributed by atoms with Gasteiger partial charge in [0.1, 0.15) is 11.6 Å². The van der Waals surface area contributed by atoms with Crippen LogP contribution in [0.4, 0.5) is 11.6 Å². The zero-order valence-corrected chi connectivity index (χ0v) is 14.8. The molecule has 0 spiro atoms. The highest BCUT2D eigenvalue weighted by atomic mass is 15.0. The number of pyridine rings is 2. The van der Waals surface area contributed by atoms with Crippen molar-refractivity contribution >= 4 is 11.6 Å². The van der Waals surface area contributed by atoms with Crippen LogP contribution in [0.25, 0.3) is 0 Å². The molecule has 0 saturated carbocycles. The number of nitrogens with zero attached hydrogens (tertiary/aromatic N) is 2. The third kappa shape index (κ3) is 6.39. The summed E-state index contributed by atoms with van der Waals surface area (Å²) in [7, 11) is 0. The summed E-state index contributed by atoms with van der Waals surface area (Å²) in [4.78, 5) is 8.97. The Morgan fingerprint density at radius 2 is 1.17 bits per heavy atom. The molecular weight excluding hydrogens is 282 g/mol. The normalized spacial score (nSPS) is 11.2. The van der Waals surface area contributed by atoms with Gasteiger partial charge in [0.05, 0.1) is 0 Å². The molecule has 0 amide bonds. The molecule has 0 saturated heterocycles. The average molecular weight is 311 g/mol. The molecule has 0 fully saturated rings. The molecule has 0 aliphatic rings. The second-order valence-corrected chi connectivity index (χ2v) is 7.09. The summed E-state index contributed by atoms with van der Waals surface area (Å²) >= 11 is 0. The maximum Gasteiger partial charge on any atom is 0.131 e. The van der Waals surface area contributed by atoms with E-state index in [1.54, 1.807) is 0 Å². The van der Waals surface area contributed by atoms with Gasteiger partial charge in [-0.3, -0.25) is 0 Å². The molecule has 0 aliphatic carbocycles. The van der Waals surface area contributed by atoms with Gasteiger partial charge < -0.3 is 5.32 Å². The molecule has 0 aromatic carbocycles. The van der Waals surface area contributed by atoms with Gasteiger partial charge in [-0.2, -0.15) is 0 Å². The Balaban J connectivity index is 1.88. The van der Waals surface area contributed by atoms with Crippen molar-refractivity contribution in [1.82, 2.24) is 9.97 Å². The van der Waals surface area contributed by atoms with Crippen molar-refractivity contribution in [2.75, 3.05) is 5.32 Å². The minimum Gasteiger partial charge on any atom is -0.325 e. The lowest BCUT2D eigenvalue weighted by atomic mass is 10.0. The first-order valence-corrected chi connectivity index (χ1v) is 8.70. The molecular formula is C20H29N3. The van der Waals surface area contributed by atoms with Crippen LogP contribution in [-0.2, 0) is 12.8 Å². The minimum absolute atomic E-state index is 0.728. The zero-order chi connectivity index (χ0) is 16.7. The van der Waals surface area contributed by atoms with Gasteiger partial charge >= 0.3 is 0 Å². The summed E-state index contributed by atoms with van der Waals surface area (Å²) in [6.07, 6.45) is 8.51. The lowest BCUT2D eigenvalue weighted by molar-refractivity contribution is 0.586. The molecule has 0 radical (unpaired) electrons. The molecule has 2 aromatic heterocycles. The first-order valence-electron chi connectivity index (χ1n) is 8.70. The van der Waals surface area contributed by atoms with Crippen LogP contribution in [-0.4, -0.2) is 9.97 Å². The number of aromatic nitrogens is 2. The zero-order valence-electron chi connectivity index (χ0n) is 14.8. The SMILES string of the molecule is CC(C)CCc1ccc(Nc2ccc(CCC(C)C)cn2)nc1. The number of anilines is 2. The van der Waals surface area contributed by atoms with Crippen molar-refractivity contribution in [2.45, 2.75) is 53.4 Å². The number of aryl methyl sites for hydroxylation is 2. The monoisotopic (exact) mass is 311 g/mol. The Labute approximate surface area is 140 Å². The molecule has 0 atom stereocenters. The van der Waals surface area contributed by atoms with Crippen LogP contribution < -0.4 is 5.32 Å². The lowest BCUT2D eigenvalue weighted by Crippen LogP contribution is -1.99. The second-order valence-electron chi connectivity index (χ2n) is 7.09. The molecule has 124 valence electrons. The topological polar surface area (TPSA) is 37.8 Å². The molecule has 0 aliphatic heterocycles. The van der Waals surface area contributed by atoms with Crippen molar-refractivity contribution in [3.63, 3.8) is 0 Å². The van der Waals surface area contributed by atoms with Crippen LogP contribution >= 0.6 is 0 Å². The lowest BCUT2D eigenvalue weighted by Gasteiger charge is -2.08. The molecule has 3 heteroatoms. The Morgan fingerprint density at radius 3 is 1.48 bits per heavy atom. The predicted molar refractivity (Wildman–Crippen MR) is 98.1 cm³/mol. The van der Waals surface area contributed by atoms with E-state index in [0.717, 1.165) is 36.3 Å². The van der Waals surface area contributed by atoms with Crippen LogP contribution in [0, 0.1) is 11.8 Å². The van der Waals surface area contributed by atoms with E-state index in [1.807, 2.05) is 24.5 Å². The largest absolute Gasteiger partial charge is 0.325 e. The summed E-state index contributed by atoms with van der Waals surface area (Å²) in [5.74, 6) is 3.15. The Kier molecular flexibility index (Phi) is 6.57. The van der Waals surface area contributed by atoms with Crippen LogP contribution in [0.3, 0.4) is 0 Å². The summed E-state index contributed by atoms with van der Waals surface area (Å²) in [5.41, 5.74) is 2.59. The van der Waals surface area contributed by atoms with Gasteiger partial charge in [0.15, 0.2) is 0 Å². The van der Waals surface area contributed by atoms with Crippen LogP contribution in [0.5, 0.6) is 0 Å². The quantitative estimate of drug-likeness (QED) is 0.709. The molecule has 0 bridgehead atoms. The number of rotatable bonds is 8. The van der Waals surface area contributed by atoms with E-state index in [9.17, 15) is 0 Å². The Hall–Kier alpha value is -1.90. The van der Waals surface area contributed by atoms with Gasteiger partial charge in [-0.15, -0.1) is 0 Å². The van der Waals surface area contributed by atoms with E-state index in [1.165, 1.54) is 24.0 Å². The maximum atomic E-state index is 4.48. The van der Waals surface area contributed by atoms with Crippen LogP contribution in [0.2, 0.25) is 0 Å². The van der Waals surface area contributed by atoms with Crippen molar-refractivity contribution < 1.29 is 0 Å². The van der Waals surface area contributed by atoms with Gasteiger partial charge in [0.25, 0.3) is 0 Å². The fourth-order valence-electron chi connectivity index (χ4n) is 2.33. The molecule has 3 nitrogen and oxygen atoms in total. The van der Waals surface area contributed by atoms with E-state index in [2.05, 4.69) is 55.1 Å². The van der Waals surface area contributed by atoms with Gasteiger partial charge in [-0.05, 0) is 60.8 Å². The minimum atomic E-state index is 0.728. The fourth-order valence-corrected chi connectivity index (χ4v) is 2.33. The standard InChI is InChI=1S/C20H29N3/c1-15(2)5-7-17-9-11-19(21-13-17)23-20-12-10-18(14-22-20)8-6-16(3)4/h9-16H,5-8H2,1-4H3,(H,21,22,23). The van der Waals surface area contributed by atoms with Crippen LogP contribution in [0.1, 0.15) is 51.7 Å². The highest BCUT2D eigenvalue weighted by Crippen LogP contribution is 2.15. The second kappa shape index (κ2) is 8.66. The van der Waals surface area contributed by atoms with Crippen molar-refractivity contribution in [1.29, 1.82) is 0 Å². The van der Waals surface area contributed by atoms with E-state index >= 15 is 0 Å². The van der Waals surface area contributed by atoms with E-state index in [0.29, 0.717) is 0 Å². The molecule has 0 unspecified atom stereocenters. The van der Waals surface area contributed by atoms with Crippen molar-refractivity contribution in [3.05, 3.63) is 47.8 Å². The summed E-state index contributed by atoms with van der Waals surface area (Å²) < 4.78 is 0. The highest BCUT2D eigenvalue weighted by Gasteiger charge is 2.02. The predicted octanol–water partition coefficient (Wildman–Crippen LogP) is 5.40. The van der Waals surface area contributed by atoms with E-state index in [-0.39, 0.29) is 0 Å². The Morgan fingerprint density at radius 1 is 0.739 bits per heavy atom. The number of hydrogen-bond donors (Lipinski definition) is 1. The molecule has 2 heterocycles. The molecule has 2 aromatic rings. The smallest absolute Gasteiger partial charge is 0.131 e. The van der Waals surface area contributed by atoms with Gasteiger partial charge in [0.2, 0.25) is 0 Å².